The van der Waals surface area contributed by atoms with Crippen LogP contribution in [-0.2, 0) is 14.8 Å². The van der Waals surface area contributed by atoms with Crippen LogP contribution in [0.25, 0.3) is 0 Å². The Labute approximate surface area is 105 Å². The lowest BCUT2D eigenvalue weighted by atomic mass is 10.2. The lowest BCUT2D eigenvalue weighted by Crippen LogP contribution is -2.37. The summed E-state index contributed by atoms with van der Waals surface area (Å²) in [4.78, 5) is 10.2. The predicted octanol–water partition coefficient (Wildman–Crippen LogP) is 1.41. The van der Waals surface area contributed by atoms with Crippen LogP contribution in [0, 0.1) is 5.82 Å². The molecule has 5 nitrogen and oxygen atoms in total. The molecular weight excluding hydrogens is 294 g/mol. The van der Waals surface area contributed by atoms with Crippen LogP contribution in [0.15, 0.2) is 23.1 Å². The van der Waals surface area contributed by atoms with Crippen LogP contribution in [0.1, 0.15) is 10.4 Å². The monoisotopic (exact) mass is 301 g/mol. The molecule has 0 unspecified atom stereocenters. The van der Waals surface area contributed by atoms with Gasteiger partial charge in [0.15, 0.2) is 0 Å². The number of rotatable bonds is 3. The van der Waals surface area contributed by atoms with Gasteiger partial charge in [0.1, 0.15) is 5.82 Å². The third-order valence-electron chi connectivity index (χ3n) is 1.89. The molecule has 0 bridgehead atoms. The summed E-state index contributed by atoms with van der Waals surface area (Å²) >= 11 is 0. The number of sulfonamides is 1. The molecule has 0 saturated carbocycles. The van der Waals surface area contributed by atoms with E-state index >= 15 is 0 Å². The summed E-state index contributed by atoms with van der Waals surface area (Å²) in [7, 11) is -4.19. The Kier molecular flexibility index (Phi) is 4.15. The molecule has 0 fully saturated rings. The molecule has 0 atom stereocenters. The molecule has 1 rings (SSSR count). The van der Waals surface area contributed by atoms with Gasteiger partial charge in [0, 0.05) is 0 Å². The van der Waals surface area contributed by atoms with E-state index in [-0.39, 0.29) is 0 Å². The molecule has 0 aliphatic rings. The van der Waals surface area contributed by atoms with Gasteiger partial charge >= 0.3 is 12.3 Å². The van der Waals surface area contributed by atoms with E-state index < -0.39 is 38.6 Å². The number of esters is 1. The number of hydrogen-bond acceptors (Lipinski definition) is 4. The Morgan fingerprint density at radius 1 is 1.32 bits per heavy atom. The van der Waals surface area contributed by atoms with Gasteiger partial charge < -0.3 is 4.74 Å². The summed E-state index contributed by atoms with van der Waals surface area (Å²) in [6, 6.07) is 1.61. The molecule has 19 heavy (non-hydrogen) atoms. The van der Waals surface area contributed by atoms with Gasteiger partial charge in [0.25, 0.3) is 0 Å². The van der Waals surface area contributed by atoms with Crippen molar-refractivity contribution >= 4 is 16.0 Å². The number of carbonyl (C=O) groups excluding carboxylic acids is 1. The van der Waals surface area contributed by atoms with Gasteiger partial charge in [-0.1, -0.05) is 0 Å². The molecule has 10 heteroatoms. The molecule has 106 valence electrons. The minimum Gasteiger partial charge on any atom is -0.465 e. The van der Waals surface area contributed by atoms with Crippen LogP contribution in [0.3, 0.4) is 0 Å². The highest BCUT2D eigenvalue weighted by molar-refractivity contribution is 7.89. The zero-order valence-corrected chi connectivity index (χ0v) is 10.1. The first-order chi connectivity index (χ1) is 8.57. The van der Waals surface area contributed by atoms with Crippen molar-refractivity contribution in [3.63, 3.8) is 0 Å². The molecule has 0 saturated heterocycles. The van der Waals surface area contributed by atoms with Crippen LogP contribution in [0.4, 0.5) is 17.6 Å². The molecule has 1 aromatic rings. The fraction of sp³-hybridized carbons (Fsp3) is 0.222. The number of alkyl halides is 3. The lowest BCUT2D eigenvalue weighted by Gasteiger charge is -2.12. The van der Waals surface area contributed by atoms with Gasteiger partial charge in [0.05, 0.1) is 17.6 Å². The molecular formula is C9H7F4NO4S. The third kappa shape index (κ3) is 3.89. The van der Waals surface area contributed by atoms with Crippen molar-refractivity contribution in [3.05, 3.63) is 29.6 Å². The van der Waals surface area contributed by atoms with Crippen LogP contribution < -0.4 is 4.72 Å². The second kappa shape index (κ2) is 5.13. The first-order valence-electron chi connectivity index (χ1n) is 4.55. The van der Waals surface area contributed by atoms with E-state index in [1.165, 1.54) is 0 Å². The van der Waals surface area contributed by atoms with Crippen molar-refractivity contribution in [2.24, 2.45) is 0 Å². The maximum Gasteiger partial charge on any atom is 0.470 e. The molecule has 0 aliphatic heterocycles. The van der Waals surface area contributed by atoms with Crippen LogP contribution in [0.2, 0.25) is 0 Å². The van der Waals surface area contributed by atoms with Crippen molar-refractivity contribution in [2.45, 2.75) is 11.2 Å². The minimum atomic E-state index is -5.22. The van der Waals surface area contributed by atoms with Gasteiger partial charge in [-0.15, -0.1) is 4.72 Å². The fourth-order valence-electron chi connectivity index (χ4n) is 1.21. The second-order valence-corrected chi connectivity index (χ2v) is 4.89. The smallest absolute Gasteiger partial charge is 0.465 e. The number of methoxy groups -OCH3 is 1. The molecule has 0 aliphatic carbocycles. The Morgan fingerprint density at radius 2 is 1.89 bits per heavy atom. The van der Waals surface area contributed by atoms with Gasteiger partial charge in [-0.2, -0.15) is 13.2 Å². The number of hydrogen-bond donors (Lipinski definition) is 1. The van der Waals surface area contributed by atoms with E-state index in [4.69, 9.17) is 0 Å². The third-order valence-corrected chi connectivity index (χ3v) is 3.32. The fourth-order valence-corrected chi connectivity index (χ4v) is 2.31. The highest BCUT2D eigenvalue weighted by Crippen LogP contribution is 2.21. The van der Waals surface area contributed by atoms with Crippen LogP contribution >= 0.6 is 0 Å². The van der Waals surface area contributed by atoms with Crippen molar-refractivity contribution in [3.8, 4) is 0 Å². The maximum atomic E-state index is 12.9. The van der Waals surface area contributed by atoms with Crippen molar-refractivity contribution in [1.29, 1.82) is 0 Å². The van der Waals surface area contributed by atoms with Crippen LogP contribution in [0.5, 0.6) is 0 Å². The Hall–Kier alpha value is -1.68. The number of carbonyl (C=O) groups is 1. The normalized spacial score (nSPS) is 12.3. The minimum absolute atomic E-state index is 0.393. The Morgan fingerprint density at radius 3 is 2.37 bits per heavy atom. The summed E-state index contributed by atoms with van der Waals surface area (Å²) in [6.45, 7) is 0. The van der Waals surface area contributed by atoms with E-state index in [1.54, 1.807) is 0 Å². The largest absolute Gasteiger partial charge is 0.470 e. The van der Waals surface area contributed by atoms with Crippen molar-refractivity contribution in [1.82, 2.24) is 4.72 Å². The van der Waals surface area contributed by atoms with Gasteiger partial charge in [-0.05, 0) is 18.2 Å². The highest BCUT2D eigenvalue weighted by atomic mass is 32.2. The molecule has 0 amide bonds. The Bertz CT molecular complexity index is 597. The molecule has 1 aromatic carbocycles. The summed E-state index contributed by atoms with van der Waals surface area (Å²) in [6.07, 6.45) is -5.22. The average molecular weight is 301 g/mol. The Balaban J connectivity index is 3.38. The number of halogens is 4. The number of ether oxygens (including phenoxy) is 1. The quantitative estimate of drug-likeness (QED) is 0.520. The molecule has 0 spiro atoms. The highest BCUT2D eigenvalue weighted by Gasteiger charge is 2.36. The average Bonchev–Trinajstić information content (AvgIpc) is 2.24. The summed E-state index contributed by atoms with van der Waals surface area (Å²) in [5.74, 6) is -2.27. The first kappa shape index (κ1) is 15.4. The topological polar surface area (TPSA) is 72.5 Å². The number of benzene rings is 1. The summed E-state index contributed by atoms with van der Waals surface area (Å²) in [5.41, 5.74) is -0.834. The van der Waals surface area contributed by atoms with E-state index in [2.05, 4.69) is 4.74 Å². The van der Waals surface area contributed by atoms with E-state index in [1.807, 2.05) is 0 Å². The van der Waals surface area contributed by atoms with Crippen molar-refractivity contribution < 1.29 is 35.5 Å². The van der Waals surface area contributed by atoms with E-state index in [0.29, 0.717) is 22.9 Å². The van der Waals surface area contributed by atoms with Gasteiger partial charge in [0.2, 0.25) is 10.0 Å². The second-order valence-electron chi connectivity index (χ2n) is 3.24. The van der Waals surface area contributed by atoms with Crippen molar-refractivity contribution in [2.75, 3.05) is 7.11 Å². The molecule has 0 aromatic heterocycles. The summed E-state index contributed by atoms with van der Waals surface area (Å²) < 4.78 is 76.5. The summed E-state index contributed by atoms with van der Waals surface area (Å²) in [5, 5.41) is 0. The molecule has 0 radical (unpaired) electrons. The van der Waals surface area contributed by atoms with E-state index in [0.717, 1.165) is 7.11 Å². The van der Waals surface area contributed by atoms with Gasteiger partial charge in [-0.25, -0.2) is 17.6 Å². The molecule has 1 N–H and O–H groups in total. The SMILES string of the molecule is COC(=O)c1cc(F)ccc1S(=O)(=O)NC(F)(F)F. The zero-order valence-electron chi connectivity index (χ0n) is 9.29. The zero-order chi connectivity index (χ0) is 14.8. The van der Waals surface area contributed by atoms with E-state index in [9.17, 15) is 30.8 Å². The predicted molar refractivity (Wildman–Crippen MR) is 54.1 cm³/mol. The number of nitrogens with one attached hydrogen (secondary N) is 1. The standard InChI is InChI=1S/C9H7F4NO4S/c1-18-8(15)6-4-5(10)2-3-7(6)19(16,17)14-9(11,12)13/h2-4,14H,1H3. The maximum absolute atomic E-state index is 12.9. The van der Waals surface area contributed by atoms with Gasteiger partial charge in [-0.3, -0.25) is 0 Å². The lowest BCUT2D eigenvalue weighted by molar-refractivity contribution is -0.138. The molecule has 0 heterocycles. The van der Waals surface area contributed by atoms with Crippen LogP contribution in [-0.4, -0.2) is 27.8 Å². The first-order valence-corrected chi connectivity index (χ1v) is 6.04.